The second kappa shape index (κ2) is 11.1. The van der Waals surface area contributed by atoms with E-state index in [-0.39, 0.29) is 23.9 Å². The number of carbonyl (C=O) groups is 1. The average molecular weight is 508 g/mol. The standard InChI is InChI=1S/C26H42N4O3S.H3N/c1-6-21-13-22-23(34-21)8-12-32-26(22)9-11-29(18(2)14-26)16-19(27)15-28-20-7-10-30(17-20)24(31)33-25(3,4)5;/h13,15,18,20,28H,6-12,14,16-17,27H2,1-5H3;1H3/b19-15-;/t18-,20+,26+;/m0./s1. The van der Waals surface area contributed by atoms with Crippen molar-refractivity contribution in [1.29, 1.82) is 0 Å². The van der Waals surface area contributed by atoms with E-state index >= 15 is 0 Å². The van der Waals surface area contributed by atoms with E-state index in [4.69, 9.17) is 15.2 Å². The lowest BCUT2D eigenvalue weighted by Crippen LogP contribution is -2.51. The van der Waals surface area contributed by atoms with Crippen LogP contribution >= 0.6 is 11.3 Å². The fourth-order valence-corrected chi connectivity index (χ4v) is 6.58. The van der Waals surface area contributed by atoms with Gasteiger partial charge in [0.2, 0.25) is 0 Å². The van der Waals surface area contributed by atoms with E-state index in [1.165, 1.54) is 15.3 Å². The molecule has 1 aromatic heterocycles. The fourth-order valence-electron chi connectivity index (χ4n) is 5.40. The van der Waals surface area contributed by atoms with Gasteiger partial charge in [0.15, 0.2) is 0 Å². The largest absolute Gasteiger partial charge is 0.444 e. The molecule has 4 heterocycles. The van der Waals surface area contributed by atoms with Crippen molar-refractivity contribution in [3.8, 4) is 0 Å². The maximum atomic E-state index is 12.3. The first-order valence-corrected chi connectivity index (χ1v) is 13.6. The van der Waals surface area contributed by atoms with Gasteiger partial charge in [0.05, 0.1) is 12.2 Å². The molecule has 2 saturated heterocycles. The van der Waals surface area contributed by atoms with Crippen molar-refractivity contribution in [3.63, 3.8) is 0 Å². The van der Waals surface area contributed by atoms with E-state index in [0.717, 1.165) is 57.5 Å². The van der Waals surface area contributed by atoms with Crippen molar-refractivity contribution in [1.82, 2.24) is 21.3 Å². The van der Waals surface area contributed by atoms with Crippen LogP contribution in [0.2, 0.25) is 0 Å². The first kappa shape index (κ1) is 27.8. The van der Waals surface area contributed by atoms with Crippen LogP contribution in [0.1, 0.15) is 69.2 Å². The highest BCUT2D eigenvalue weighted by molar-refractivity contribution is 7.12. The summed E-state index contributed by atoms with van der Waals surface area (Å²) in [6, 6.07) is 3.00. The molecule has 3 aliphatic rings. The number of nitrogens with one attached hydrogen (secondary N) is 1. The Morgan fingerprint density at radius 3 is 2.86 bits per heavy atom. The Kier molecular flexibility index (Phi) is 8.78. The molecule has 6 N–H and O–H groups in total. The molecule has 35 heavy (non-hydrogen) atoms. The zero-order valence-electron chi connectivity index (χ0n) is 22.2. The van der Waals surface area contributed by atoms with E-state index < -0.39 is 5.60 Å². The number of fused-ring (bicyclic) bond motifs is 2. The maximum absolute atomic E-state index is 12.3. The van der Waals surface area contributed by atoms with Crippen LogP contribution in [0.4, 0.5) is 4.79 Å². The van der Waals surface area contributed by atoms with Gasteiger partial charge in [0.25, 0.3) is 0 Å². The number of rotatable bonds is 5. The molecule has 198 valence electrons. The molecule has 0 radical (unpaired) electrons. The zero-order chi connectivity index (χ0) is 24.5. The summed E-state index contributed by atoms with van der Waals surface area (Å²) in [5, 5.41) is 3.43. The number of amides is 1. The van der Waals surface area contributed by atoms with Crippen LogP contribution in [-0.2, 0) is 27.9 Å². The number of ether oxygens (including phenoxy) is 2. The number of nitrogens with two attached hydrogens (primary N) is 1. The third-order valence-electron chi connectivity index (χ3n) is 7.19. The van der Waals surface area contributed by atoms with Crippen molar-refractivity contribution < 1.29 is 14.3 Å². The molecule has 1 amide bonds. The molecule has 1 spiro atoms. The van der Waals surface area contributed by atoms with Crippen molar-refractivity contribution >= 4 is 17.4 Å². The lowest BCUT2D eigenvalue weighted by Gasteiger charge is -2.47. The van der Waals surface area contributed by atoms with E-state index in [1.54, 1.807) is 4.90 Å². The van der Waals surface area contributed by atoms with Crippen LogP contribution < -0.4 is 17.2 Å². The first-order valence-electron chi connectivity index (χ1n) is 12.8. The number of carbonyl (C=O) groups excluding carboxylic acids is 1. The van der Waals surface area contributed by atoms with Crippen LogP contribution in [0.15, 0.2) is 18.0 Å². The molecule has 3 aliphatic heterocycles. The van der Waals surface area contributed by atoms with E-state index in [1.807, 2.05) is 38.3 Å². The summed E-state index contributed by atoms with van der Waals surface area (Å²) in [6.45, 7) is 14.1. The number of aryl methyl sites for hydroxylation is 1. The number of thiophene rings is 1. The molecule has 0 unspecified atom stereocenters. The molecular formula is C26H45N5O3S. The van der Waals surface area contributed by atoms with Crippen LogP contribution in [0.3, 0.4) is 0 Å². The molecule has 0 aliphatic carbocycles. The van der Waals surface area contributed by atoms with Gasteiger partial charge < -0.3 is 31.6 Å². The Balaban J connectivity index is 0.00000342. The van der Waals surface area contributed by atoms with Crippen molar-refractivity contribution in [2.75, 3.05) is 32.8 Å². The summed E-state index contributed by atoms with van der Waals surface area (Å²) in [5.74, 6) is 0. The van der Waals surface area contributed by atoms with E-state index in [2.05, 4.69) is 30.1 Å². The highest BCUT2D eigenvalue weighted by Crippen LogP contribution is 2.46. The topological polar surface area (TPSA) is 115 Å². The predicted octanol–water partition coefficient (Wildman–Crippen LogP) is 4.12. The molecular weight excluding hydrogens is 462 g/mol. The Morgan fingerprint density at radius 1 is 1.40 bits per heavy atom. The second-order valence-corrected chi connectivity index (χ2v) is 12.3. The van der Waals surface area contributed by atoms with Crippen molar-refractivity contribution in [3.05, 3.63) is 33.3 Å². The van der Waals surface area contributed by atoms with Gasteiger partial charge in [-0.1, -0.05) is 6.92 Å². The summed E-state index contributed by atoms with van der Waals surface area (Å²) in [7, 11) is 0. The van der Waals surface area contributed by atoms with E-state index in [0.29, 0.717) is 19.1 Å². The molecule has 0 saturated carbocycles. The van der Waals surface area contributed by atoms with Gasteiger partial charge >= 0.3 is 6.09 Å². The minimum atomic E-state index is -0.470. The lowest BCUT2D eigenvalue weighted by molar-refractivity contribution is -0.109. The highest BCUT2D eigenvalue weighted by Gasteiger charge is 2.44. The molecule has 2 fully saturated rings. The first-order chi connectivity index (χ1) is 16.1. The predicted molar refractivity (Wildman–Crippen MR) is 142 cm³/mol. The Bertz CT molecular complexity index is 911. The average Bonchev–Trinajstić information content (AvgIpc) is 3.41. The Labute approximate surface area is 214 Å². The smallest absolute Gasteiger partial charge is 0.410 e. The van der Waals surface area contributed by atoms with E-state index in [9.17, 15) is 4.79 Å². The maximum Gasteiger partial charge on any atom is 0.410 e. The molecule has 1 aromatic rings. The SMILES string of the molecule is CCc1cc2c(s1)CCO[C@@]21CCN(C/C(N)=C/N[C@@H]2CCN(C(=O)OC(C)(C)C)C2)[C@@H](C)C1.N. The molecule has 3 atom stereocenters. The number of likely N-dealkylation sites (tertiary alicyclic amines) is 2. The molecule has 9 heteroatoms. The van der Waals surface area contributed by atoms with Gasteiger partial charge in [-0.15, -0.1) is 11.3 Å². The molecule has 0 bridgehead atoms. The monoisotopic (exact) mass is 507 g/mol. The minimum absolute atomic E-state index is 0. The van der Waals surface area contributed by atoms with Crippen molar-refractivity contribution in [2.45, 2.75) is 90.0 Å². The van der Waals surface area contributed by atoms with Crippen LogP contribution in [0, 0.1) is 0 Å². The van der Waals surface area contributed by atoms with Gasteiger partial charge in [-0.2, -0.15) is 0 Å². The van der Waals surface area contributed by atoms with Crippen molar-refractivity contribution in [2.24, 2.45) is 5.73 Å². The summed E-state index contributed by atoms with van der Waals surface area (Å²) in [5.41, 5.74) is 8.10. The Morgan fingerprint density at radius 2 is 2.17 bits per heavy atom. The van der Waals surface area contributed by atoms with Gasteiger partial charge in [-0.25, -0.2) is 4.79 Å². The quantitative estimate of drug-likeness (QED) is 0.549. The molecule has 4 rings (SSSR count). The highest BCUT2D eigenvalue weighted by atomic mass is 32.1. The molecule has 0 aromatic carbocycles. The Hall–Kier alpha value is -1.81. The summed E-state index contributed by atoms with van der Waals surface area (Å²) < 4.78 is 12.0. The number of piperidine rings is 1. The summed E-state index contributed by atoms with van der Waals surface area (Å²) in [6.07, 6.45) is 6.75. The lowest BCUT2D eigenvalue weighted by atomic mass is 9.79. The van der Waals surface area contributed by atoms with Crippen LogP contribution in [0.25, 0.3) is 0 Å². The van der Waals surface area contributed by atoms with Crippen LogP contribution in [0.5, 0.6) is 0 Å². The summed E-state index contributed by atoms with van der Waals surface area (Å²) in [4.78, 5) is 19.5. The van der Waals surface area contributed by atoms with Gasteiger partial charge in [0.1, 0.15) is 5.60 Å². The number of hydrogen-bond donors (Lipinski definition) is 3. The fraction of sp³-hybridized carbons (Fsp3) is 0.731. The summed E-state index contributed by atoms with van der Waals surface area (Å²) >= 11 is 1.98. The minimum Gasteiger partial charge on any atom is -0.444 e. The number of nitrogens with zero attached hydrogens (tertiary/aromatic N) is 2. The van der Waals surface area contributed by atoms with Gasteiger partial charge in [0, 0.05) is 66.3 Å². The third kappa shape index (κ3) is 6.50. The third-order valence-corrected chi connectivity index (χ3v) is 8.53. The van der Waals surface area contributed by atoms with Gasteiger partial charge in [-0.05, 0) is 65.0 Å². The molecule has 8 nitrogen and oxygen atoms in total. The zero-order valence-corrected chi connectivity index (χ0v) is 23.0. The normalized spacial score (nSPS) is 27.5. The second-order valence-electron chi connectivity index (χ2n) is 11.1. The van der Waals surface area contributed by atoms with Crippen LogP contribution in [-0.4, -0.2) is 66.4 Å². The number of hydrogen-bond acceptors (Lipinski definition) is 8. The van der Waals surface area contributed by atoms with Gasteiger partial charge in [-0.3, -0.25) is 4.90 Å².